The van der Waals surface area contributed by atoms with Crippen LogP contribution in [-0.2, 0) is 10.9 Å². The van der Waals surface area contributed by atoms with E-state index in [1.807, 2.05) is 6.92 Å². The molecule has 1 heterocycles. The van der Waals surface area contributed by atoms with Gasteiger partial charge in [0.25, 0.3) is 0 Å². The summed E-state index contributed by atoms with van der Waals surface area (Å²) in [6.07, 6.45) is -1.01. The third-order valence-electron chi connectivity index (χ3n) is 2.56. The van der Waals surface area contributed by atoms with Crippen LogP contribution in [0.15, 0.2) is 18.5 Å². The lowest BCUT2D eigenvalue weighted by Gasteiger charge is -2.17. The molecule has 0 aliphatic heterocycles. The third-order valence-corrected chi connectivity index (χ3v) is 2.56. The highest BCUT2D eigenvalue weighted by Gasteiger charge is 2.34. The number of aromatic nitrogens is 1. The molecule has 1 unspecified atom stereocenters. The highest BCUT2D eigenvalue weighted by molar-refractivity contribution is 5.28. The highest BCUT2D eigenvalue weighted by atomic mass is 19.4. The van der Waals surface area contributed by atoms with Crippen molar-refractivity contribution in [1.82, 2.24) is 4.98 Å². The molecule has 1 rings (SSSR count). The Morgan fingerprint density at radius 2 is 2.17 bits per heavy atom. The summed E-state index contributed by atoms with van der Waals surface area (Å²) >= 11 is 0. The van der Waals surface area contributed by atoms with Gasteiger partial charge in [-0.1, -0.05) is 0 Å². The van der Waals surface area contributed by atoms with Gasteiger partial charge in [-0.3, -0.25) is 4.98 Å². The van der Waals surface area contributed by atoms with Crippen LogP contribution < -0.4 is 5.73 Å². The molecule has 0 aromatic carbocycles. The molecule has 6 heteroatoms. The maximum absolute atomic E-state index is 12.7. The molecule has 102 valence electrons. The second-order valence-corrected chi connectivity index (χ2v) is 3.91. The molecule has 0 saturated carbocycles. The molecule has 0 amide bonds. The van der Waals surface area contributed by atoms with Crippen molar-refractivity contribution in [2.45, 2.75) is 32.0 Å². The topological polar surface area (TPSA) is 48.1 Å². The summed E-state index contributed by atoms with van der Waals surface area (Å²) in [6.45, 7) is 2.96. The fourth-order valence-electron chi connectivity index (χ4n) is 1.67. The molecule has 1 atom stereocenters. The fourth-order valence-corrected chi connectivity index (χ4v) is 1.67. The molecule has 0 radical (unpaired) electrons. The predicted molar refractivity (Wildman–Crippen MR) is 61.9 cm³/mol. The van der Waals surface area contributed by atoms with Gasteiger partial charge in [-0.25, -0.2) is 0 Å². The zero-order valence-electron chi connectivity index (χ0n) is 10.2. The molecular formula is C12H17F3N2O. The minimum atomic E-state index is -4.39. The van der Waals surface area contributed by atoms with Crippen molar-refractivity contribution in [2.75, 3.05) is 13.2 Å². The summed E-state index contributed by atoms with van der Waals surface area (Å²) in [4.78, 5) is 3.71. The van der Waals surface area contributed by atoms with Crippen molar-refractivity contribution >= 4 is 0 Å². The lowest BCUT2D eigenvalue weighted by atomic mass is 9.99. The van der Waals surface area contributed by atoms with Crippen LogP contribution >= 0.6 is 0 Å². The number of alkyl halides is 3. The first kappa shape index (κ1) is 14.9. The van der Waals surface area contributed by atoms with Crippen LogP contribution in [-0.4, -0.2) is 18.2 Å². The van der Waals surface area contributed by atoms with Gasteiger partial charge in [-0.15, -0.1) is 0 Å². The summed E-state index contributed by atoms with van der Waals surface area (Å²) in [6, 6.07) is 0.286. The van der Waals surface area contributed by atoms with Gasteiger partial charge in [0.1, 0.15) is 0 Å². The van der Waals surface area contributed by atoms with Gasteiger partial charge >= 0.3 is 6.18 Å². The molecule has 0 aliphatic carbocycles. The molecule has 2 N–H and O–H groups in total. The molecular weight excluding hydrogens is 245 g/mol. The quantitative estimate of drug-likeness (QED) is 0.802. The Labute approximate surface area is 104 Å². The molecule has 0 bridgehead atoms. The van der Waals surface area contributed by atoms with E-state index in [0.717, 1.165) is 12.3 Å². The van der Waals surface area contributed by atoms with Crippen molar-refractivity contribution < 1.29 is 17.9 Å². The number of nitrogens with two attached hydrogens (primary N) is 1. The molecule has 3 nitrogen and oxygen atoms in total. The number of hydrogen-bond acceptors (Lipinski definition) is 3. The normalized spacial score (nSPS) is 13.6. The van der Waals surface area contributed by atoms with Gasteiger partial charge in [0, 0.05) is 31.6 Å². The van der Waals surface area contributed by atoms with E-state index >= 15 is 0 Å². The number of pyridine rings is 1. The minimum Gasteiger partial charge on any atom is -0.382 e. The molecule has 0 fully saturated rings. The van der Waals surface area contributed by atoms with Crippen molar-refractivity contribution in [3.63, 3.8) is 0 Å². The molecule has 18 heavy (non-hydrogen) atoms. The number of rotatable bonds is 6. The largest absolute Gasteiger partial charge is 0.416 e. The summed E-state index contributed by atoms with van der Waals surface area (Å²) in [5.41, 5.74) is 5.12. The van der Waals surface area contributed by atoms with E-state index < -0.39 is 17.8 Å². The minimum absolute atomic E-state index is 0.0431. The third kappa shape index (κ3) is 4.27. The van der Waals surface area contributed by atoms with E-state index in [4.69, 9.17) is 10.5 Å². The Kier molecular flexibility index (Phi) is 5.55. The predicted octanol–water partition coefficient (Wildman–Crippen LogP) is 2.92. The number of nitrogens with zero attached hydrogens (tertiary/aromatic N) is 1. The standard InChI is InChI=1S/C12H17F3N2O/c1-2-18-7-3-4-11(16)9-8-17-6-5-10(9)12(13,14)15/h5-6,8,11H,2-4,7,16H2,1H3. The van der Waals surface area contributed by atoms with Crippen LogP contribution in [0.1, 0.15) is 36.9 Å². The van der Waals surface area contributed by atoms with E-state index in [0.29, 0.717) is 26.1 Å². The zero-order valence-corrected chi connectivity index (χ0v) is 10.2. The molecule has 1 aromatic heterocycles. The maximum Gasteiger partial charge on any atom is 0.416 e. The highest BCUT2D eigenvalue weighted by Crippen LogP contribution is 2.34. The van der Waals surface area contributed by atoms with E-state index in [9.17, 15) is 13.2 Å². The van der Waals surface area contributed by atoms with Gasteiger partial charge < -0.3 is 10.5 Å². The van der Waals surface area contributed by atoms with Gasteiger partial charge in [0.05, 0.1) is 5.56 Å². The molecule has 0 aliphatic rings. The molecule has 1 aromatic rings. The van der Waals surface area contributed by atoms with Gasteiger partial charge in [0.15, 0.2) is 0 Å². The Balaban J connectivity index is 2.70. The van der Waals surface area contributed by atoms with Crippen LogP contribution in [0.4, 0.5) is 13.2 Å². The monoisotopic (exact) mass is 262 g/mol. The zero-order chi connectivity index (χ0) is 13.6. The van der Waals surface area contributed by atoms with Crippen LogP contribution in [0.3, 0.4) is 0 Å². The number of ether oxygens (including phenoxy) is 1. The van der Waals surface area contributed by atoms with Crippen LogP contribution in [0.25, 0.3) is 0 Å². The maximum atomic E-state index is 12.7. The second-order valence-electron chi connectivity index (χ2n) is 3.91. The van der Waals surface area contributed by atoms with E-state index in [1.165, 1.54) is 6.20 Å². The Bertz CT molecular complexity index is 369. The molecule has 0 spiro atoms. The lowest BCUT2D eigenvalue weighted by Crippen LogP contribution is -2.18. The first-order chi connectivity index (χ1) is 8.46. The summed E-state index contributed by atoms with van der Waals surface area (Å²) in [5.74, 6) is 0. The van der Waals surface area contributed by atoms with Gasteiger partial charge in [-0.2, -0.15) is 13.2 Å². The fraction of sp³-hybridized carbons (Fsp3) is 0.583. The van der Waals surface area contributed by atoms with E-state index in [1.54, 1.807) is 0 Å². The molecule has 0 saturated heterocycles. The smallest absolute Gasteiger partial charge is 0.382 e. The summed E-state index contributed by atoms with van der Waals surface area (Å²) in [7, 11) is 0. The summed E-state index contributed by atoms with van der Waals surface area (Å²) in [5, 5.41) is 0. The van der Waals surface area contributed by atoms with Crippen LogP contribution in [0, 0.1) is 0 Å². The lowest BCUT2D eigenvalue weighted by molar-refractivity contribution is -0.138. The van der Waals surface area contributed by atoms with E-state index in [-0.39, 0.29) is 5.56 Å². The first-order valence-electron chi connectivity index (χ1n) is 5.81. The van der Waals surface area contributed by atoms with Gasteiger partial charge in [0.2, 0.25) is 0 Å². The SMILES string of the molecule is CCOCCCC(N)c1cnccc1C(F)(F)F. The average molecular weight is 262 g/mol. The number of halogens is 3. The van der Waals surface area contributed by atoms with Crippen molar-refractivity contribution in [3.05, 3.63) is 29.6 Å². The average Bonchev–Trinajstić information content (AvgIpc) is 2.33. The van der Waals surface area contributed by atoms with Crippen LogP contribution in [0.5, 0.6) is 0 Å². The van der Waals surface area contributed by atoms with Crippen LogP contribution in [0.2, 0.25) is 0 Å². The first-order valence-corrected chi connectivity index (χ1v) is 5.81. The number of hydrogen-bond donors (Lipinski definition) is 1. The Hall–Kier alpha value is -1.14. The summed E-state index contributed by atoms with van der Waals surface area (Å²) < 4.78 is 43.4. The van der Waals surface area contributed by atoms with E-state index in [2.05, 4.69) is 4.98 Å². The Morgan fingerprint density at radius 3 is 2.78 bits per heavy atom. The van der Waals surface area contributed by atoms with Crippen molar-refractivity contribution in [1.29, 1.82) is 0 Å². The van der Waals surface area contributed by atoms with Crippen molar-refractivity contribution in [3.8, 4) is 0 Å². The second kappa shape index (κ2) is 6.70. The van der Waals surface area contributed by atoms with Gasteiger partial charge in [-0.05, 0) is 31.4 Å². The van der Waals surface area contributed by atoms with Crippen molar-refractivity contribution in [2.24, 2.45) is 5.73 Å². The Morgan fingerprint density at radius 1 is 1.44 bits per heavy atom.